The second-order valence-electron chi connectivity index (χ2n) is 5.67. The smallest absolute Gasteiger partial charge is 0.251 e. The Morgan fingerprint density at radius 2 is 1.62 bits per heavy atom. The Hall–Kier alpha value is -1.99. The molecule has 0 unspecified atom stereocenters. The van der Waals surface area contributed by atoms with Crippen LogP contribution >= 0.6 is 0 Å². The number of ether oxygens (including phenoxy) is 5. The molecular formula is C19H29NO6. The van der Waals surface area contributed by atoms with Crippen molar-refractivity contribution >= 4 is 5.91 Å². The Morgan fingerprint density at radius 1 is 1.04 bits per heavy atom. The van der Waals surface area contributed by atoms with Crippen molar-refractivity contribution in [1.82, 2.24) is 5.32 Å². The van der Waals surface area contributed by atoms with E-state index in [0.717, 1.165) is 6.42 Å². The summed E-state index contributed by atoms with van der Waals surface area (Å²) < 4.78 is 27.9. The largest absolute Gasteiger partial charge is 0.490 e. The highest BCUT2D eigenvalue weighted by atomic mass is 16.7. The van der Waals surface area contributed by atoms with Crippen LogP contribution in [-0.2, 0) is 9.47 Å². The van der Waals surface area contributed by atoms with Crippen LogP contribution in [0, 0.1) is 0 Å². The minimum atomic E-state index is -0.248. The number of amides is 1. The zero-order valence-electron chi connectivity index (χ0n) is 15.8. The summed E-state index contributed by atoms with van der Waals surface area (Å²) >= 11 is 0. The van der Waals surface area contributed by atoms with E-state index >= 15 is 0 Å². The van der Waals surface area contributed by atoms with Crippen LogP contribution in [0.25, 0.3) is 0 Å². The average molecular weight is 367 g/mol. The van der Waals surface area contributed by atoms with Crippen molar-refractivity contribution < 1.29 is 28.5 Å². The fourth-order valence-electron chi connectivity index (χ4n) is 2.63. The van der Waals surface area contributed by atoms with E-state index in [2.05, 4.69) is 5.32 Å². The van der Waals surface area contributed by atoms with Gasteiger partial charge in [0, 0.05) is 18.5 Å². The minimum absolute atomic E-state index is 0.203. The Kier molecular flexibility index (Phi) is 8.50. The highest BCUT2D eigenvalue weighted by Gasteiger charge is 2.19. The molecule has 1 heterocycles. The van der Waals surface area contributed by atoms with Crippen molar-refractivity contribution in [2.75, 3.05) is 39.6 Å². The lowest BCUT2D eigenvalue weighted by atomic mass is 10.1. The Labute approximate surface area is 154 Å². The van der Waals surface area contributed by atoms with Gasteiger partial charge in [-0.15, -0.1) is 0 Å². The van der Waals surface area contributed by atoms with Crippen LogP contribution in [0.15, 0.2) is 12.1 Å². The molecular weight excluding hydrogens is 338 g/mol. The molecule has 1 N–H and O–H groups in total. The molecule has 0 bridgehead atoms. The van der Waals surface area contributed by atoms with Crippen LogP contribution in [0.4, 0.5) is 0 Å². The summed E-state index contributed by atoms with van der Waals surface area (Å²) in [6.45, 7) is 8.93. The maximum atomic E-state index is 12.5. The topological polar surface area (TPSA) is 75.3 Å². The number of hydrogen-bond donors (Lipinski definition) is 1. The molecule has 1 fully saturated rings. The van der Waals surface area contributed by atoms with Gasteiger partial charge >= 0.3 is 0 Å². The zero-order chi connectivity index (χ0) is 18.8. The van der Waals surface area contributed by atoms with Crippen LogP contribution in [0.1, 0.15) is 44.0 Å². The number of benzene rings is 1. The van der Waals surface area contributed by atoms with Crippen molar-refractivity contribution in [3.63, 3.8) is 0 Å². The van der Waals surface area contributed by atoms with Gasteiger partial charge in [-0.25, -0.2) is 0 Å². The standard InChI is InChI=1S/C19H29NO6/c1-4-22-15-12-14(13-16(23-5-2)18(15)24-6-3)19(21)20-9-8-17-25-10-7-11-26-17/h12-13,17H,4-11H2,1-3H3,(H,20,21). The number of carbonyl (C=O) groups is 1. The van der Waals surface area contributed by atoms with Crippen LogP contribution in [-0.4, -0.2) is 51.8 Å². The molecule has 0 atom stereocenters. The van der Waals surface area contributed by atoms with Gasteiger partial charge in [-0.2, -0.15) is 0 Å². The third-order valence-corrected chi connectivity index (χ3v) is 3.73. The lowest BCUT2D eigenvalue weighted by Gasteiger charge is -2.23. The first-order valence-corrected chi connectivity index (χ1v) is 9.27. The molecule has 1 aromatic rings. The molecule has 1 aliphatic rings. The minimum Gasteiger partial charge on any atom is -0.490 e. The molecule has 1 aliphatic heterocycles. The summed E-state index contributed by atoms with van der Waals surface area (Å²) in [6.07, 6.45) is 1.27. The van der Waals surface area contributed by atoms with Crippen molar-refractivity contribution in [2.45, 2.75) is 39.9 Å². The predicted octanol–water partition coefficient (Wildman–Crippen LogP) is 2.77. The molecule has 0 radical (unpaired) electrons. The van der Waals surface area contributed by atoms with Crippen molar-refractivity contribution in [2.24, 2.45) is 0 Å². The molecule has 0 spiro atoms. The fraction of sp³-hybridized carbons (Fsp3) is 0.632. The molecule has 0 aliphatic carbocycles. The summed E-state index contributed by atoms with van der Waals surface area (Å²) in [5.74, 6) is 1.33. The van der Waals surface area contributed by atoms with E-state index < -0.39 is 0 Å². The molecule has 146 valence electrons. The lowest BCUT2D eigenvalue weighted by Crippen LogP contribution is -2.31. The van der Waals surface area contributed by atoms with Gasteiger partial charge < -0.3 is 29.0 Å². The number of nitrogens with one attached hydrogen (secondary N) is 1. The highest BCUT2D eigenvalue weighted by molar-refractivity contribution is 5.95. The van der Waals surface area contributed by atoms with E-state index in [4.69, 9.17) is 23.7 Å². The normalized spacial score (nSPS) is 14.7. The number of rotatable bonds is 10. The molecule has 0 aromatic heterocycles. The summed E-state index contributed by atoms with van der Waals surface area (Å²) in [6, 6.07) is 3.36. The quantitative estimate of drug-likeness (QED) is 0.685. The first-order valence-electron chi connectivity index (χ1n) is 9.27. The molecule has 7 heteroatoms. The zero-order valence-corrected chi connectivity index (χ0v) is 15.8. The van der Waals surface area contributed by atoms with E-state index in [1.807, 2.05) is 20.8 Å². The van der Waals surface area contributed by atoms with Gasteiger partial charge in [-0.05, 0) is 39.3 Å². The van der Waals surface area contributed by atoms with Crippen LogP contribution in [0.3, 0.4) is 0 Å². The maximum Gasteiger partial charge on any atom is 0.251 e. The Morgan fingerprint density at radius 3 is 2.15 bits per heavy atom. The molecule has 1 amide bonds. The second-order valence-corrected chi connectivity index (χ2v) is 5.67. The average Bonchev–Trinajstić information content (AvgIpc) is 2.65. The molecule has 0 saturated carbocycles. The lowest BCUT2D eigenvalue weighted by molar-refractivity contribution is -0.180. The molecule has 26 heavy (non-hydrogen) atoms. The van der Waals surface area contributed by atoms with Crippen LogP contribution in [0.2, 0.25) is 0 Å². The highest BCUT2D eigenvalue weighted by Crippen LogP contribution is 2.39. The molecule has 2 rings (SSSR count). The molecule has 7 nitrogen and oxygen atoms in total. The first-order chi connectivity index (χ1) is 12.7. The summed E-state index contributed by atoms with van der Waals surface area (Å²) in [7, 11) is 0. The third-order valence-electron chi connectivity index (χ3n) is 3.73. The third kappa shape index (κ3) is 5.78. The Balaban J connectivity index is 2.06. The van der Waals surface area contributed by atoms with E-state index in [9.17, 15) is 4.79 Å². The fourth-order valence-corrected chi connectivity index (χ4v) is 2.63. The van der Waals surface area contributed by atoms with Crippen LogP contribution in [0.5, 0.6) is 17.2 Å². The summed E-state index contributed by atoms with van der Waals surface area (Å²) in [4.78, 5) is 12.5. The van der Waals surface area contributed by atoms with E-state index in [-0.39, 0.29) is 12.2 Å². The van der Waals surface area contributed by atoms with Gasteiger partial charge in [0.05, 0.1) is 33.0 Å². The van der Waals surface area contributed by atoms with Gasteiger partial charge in [0.15, 0.2) is 17.8 Å². The number of carbonyl (C=O) groups excluding carboxylic acids is 1. The molecule has 1 aromatic carbocycles. The van der Waals surface area contributed by atoms with E-state index in [1.54, 1.807) is 12.1 Å². The van der Waals surface area contributed by atoms with Crippen LogP contribution < -0.4 is 19.5 Å². The summed E-state index contributed by atoms with van der Waals surface area (Å²) in [5, 5.41) is 2.89. The van der Waals surface area contributed by atoms with Crippen molar-refractivity contribution in [3.05, 3.63) is 17.7 Å². The number of hydrogen-bond acceptors (Lipinski definition) is 6. The van der Waals surface area contributed by atoms with E-state index in [1.165, 1.54) is 0 Å². The van der Waals surface area contributed by atoms with Gasteiger partial charge in [0.1, 0.15) is 0 Å². The SMILES string of the molecule is CCOc1cc(C(=O)NCCC2OCCCO2)cc(OCC)c1OCC. The summed E-state index contributed by atoms with van der Waals surface area (Å²) in [5.41, 5.74) is 0.464. The van der Waals surface area contributed by atoms with Gasteiger partial charge in [-0.1, -0.05) is 0 Å². The second kappa shape index (κ2) is 10.9. The molecule has 1 saturated heterocycles. The Bertz CT molecular complexity index is 544. The van der Waals surface area contributed by atoms with Crippen molar-refractivity contribution in [3.8, 4) is 17.2 Å². The van der Waals surface area contributed by atoms with E-state index in [0.29, 0.717) is 68.8 Å². The van der Waals surface area contributed by atoms with Gasteiger partial charge in [0.2, 0.25) is 5.75 Å². The van der Waals surface area contributed by atoms with Crippen molar-refractivity contribution in [1.29, 1.82) is 0 Å². The van der Waals surface area contributed by atoms with Gasteiger partial charge in [-0.3, -0.25) is 4.79 Å². The first kappa shape index (κ1) is 20.3. The van der Waals surface area contributed by atoms with Gasteiger partial charge in [0.25, 0.3) is 5.91 Å². The monoisotopic (exact) mass is 367 g/mol. The maximum absolute atomic E-state index is 12.5. The predicted molar refractivity (Wildman–Crippen MR) is 97.2 cm³/mol.